The van der Waals surface area contributed by atoms with Crippen molar-refractivity contribution in [1.82, 2.24) is 4.72 Å². The summed E-state index contributed by atoms with van der Waals surface area (Å²) in [5, 5.41) is 0. The minimum Gasteiger partial charge on any atom is -0.224 e. The zero-order chi connectivity index (χ0) is 19.0. The molecule has 0 aliphatic rings. The smallest absolute Gasteiger partial charge is 0.224 e. The summed E-state index contributed by atoms with van der Waals surface area (Å²) < 4.78 is 51.3. The molecule has 1 atom stereocenters. The minimum atomic E-state index is -3.69. The Morgan fingerprint density at radius 3 is 1.80 bits per heavy atom. The number of aryl methyl sites for hydroxylation is 3. The quantitative estimate of drug-likeness (QED) is 0.863. The van der Waals surface area contributed by atoms with Gasteiger partial charge in [-0.1, -0.05) is 29.8 Å². The first-order valence-corrected chi connectivity index (χ1v) is 11.2. The van der Waals surface area contributed by atoms with Crippen LogP contribution in [0.2, 0.25) is 0 Å². The van der Waals surface area contributed by atoms with Crippen molar-refractivity contribution in [2.45, 2.75) is 43.5 Å². The summed E-state index contributed by atoms with van der Waals surface area (Å²) in [5.74, 6) is 0. The molecule has 2 aromatic rings. The number of hydrogen-bond acceptors (Lipinski definition) is 4. The van der Waals surface area contributed by atoms with Gasteiger partial charge in [-0.25, -0.2) is 21.6 Å². The number of sulfone groups is 1. The van der Waals surface area contributed by atoms with E-state index in [0.717, 1.165) is 11.8 Å². The van der Waals surface area contributed by atoms with Crippen molar-refractivity contribution in [3.63, 3.8) is 0 Å². The molecular weight excluding hydrogens is 358 g/mol. The normalized spacial score (nSPS) is 13.6. The summed E-state index contributed by atoms with van der Waals surface area (Å²) in [6.45, 7) is 7.21. The van der Waals surface area contributed by atoms with Gasteiger partial charge in [0.15, 0.2) is 9.84 Å². The van der Waals surface area contributed by atoms with E-state index in [9.17, 15) is 16.8 Å². The van der Waals surface area contributed by atoms with E-state index in [2.05, 4.69) is 4.72 Å². The Morgan fingerprint density at radius 2 is 1.36 bits per heavy atom. The van der Waals surface area contributed by atoms with Crippen LogP contribution in [0.1, 0.15) is 35.2 Å². The topological polar surface area (TPSA) is 80.3 Å². The van der Waals surface area contributed by atoms with Crippen molar-refractivity contribution in [2.75, 3.05) is 6.26 Å². The number of sulfonamides is 1. The van der Waals surface area contributed by atoms with Crippen molar-refractivity contribution < 1.29 is 16.8 Å². The van der Waals surface area contributed by atoms with Crippen LogP contribution in [0, 0.1) is 20.8 Å². The number of rotatable bonds is 5. The number of nitrogens with one attached hydrogen (secondary N) is 1. The van der Waals surface area contributed by atoms with E-state index in [0.29, 0.717) is 16.7 Å². The third-order valence-corrected chi connectivity index (χ3v) is 6.99. The molecule has 1 unspecified atom stereocenters. The van der Waals surface area contributed by atoms with Gasteiger partial charge in [-0.2, -0.15) is 0 Å². The standard InChI is InChI=1S/C18H23NO4S2/c1-12-10-13(2)18(14(3)11-12)25(22,23)19-15(4)16-6-8-17(9-7-16)24(5,20)21/h6-11,15,19H,1-5H3. The fraction of sp³-hybridized carbons (Fsp3) is 0.333. The highest BCUT2D eigenvalue weighted by molar-refractivity contribution is 7.90. The van der Waals surface area contributed by atoms with Crippen LogP contribution in [-0.2, 0) is 19.9 Å². The first-order valence-electron chi connectivity index (χ1n) is 7.82. The van der Waals surface area contributed by atoms with Crippen LogP contribution in [0.4, 0.5) is 0 Å². The second-order valence-electron chi connectivity index (χ2n) is 6.41. The Kier molecular flexibility index (Phi) is 5.41. The predicted octanol–water partition coefficient (Wildman–Crippen LogP) is 3.05. The zero-order valence-electron chi connectivity index (χ0n) is 15.0. The molecule has 2 rings (SSSR count). The fourth-order valence-electron chi connectivity index (χ4n) is 2.95. The Morgan fingerprint density at radius 1 is 0.880 bits per heavy atom. The average molecular weight is 382 g/mol. The molecule has 0 heterocycles. The van der Waals surface area contributed by atoms with E-state index in [-0.39, 0.29) is 9.79 Å². The maximum Gasteiger partial charge on any atom is 0.241 e. The monoisotopic (exact) mass is 381 g/mol. The van der Waals surface area contributed by atoms with E-state index < -0.39 is 25.9 Å². The van der Waals surface area contributed by atoms with E-state index in [4.69, 9.17) is 0 Å². The largest absolute Gasteiger partial charge is 0.241 e. The van der Waals surface area contributed by atoms with Crippen molar-refractivity contribution >= 4 is 19.9 Å². The molecule has 0 spiro atoms. The lowest BCUT2D eigenvalue weighted by Gasteiger charge is -2.18. The highest BCUT2D eigenvalue weighted by Crippen LogP contribution is 2.24. The Bertz CT molecular complexity index is 969. The fourth-order valence-corrected chi connectivity index (χ4v) is 5.27. The molecule has 0 saturated carbocycles. The molecular formula is C18H23NO4S2. The molecule has 0 amide bonds. The molecule has 0 saturated heterocycles. The van der Waals surface area contributed by atoms with Crippen molar-refractivity contribution in [2.24, 2.45) is 0 Å². The van der Waals surface area contributed by atoms with Crippen LogP contribution >= 0.6 is 0 Å². The van der Waals surface area contributed by atoms with Gasteiger partial charge in [0.1, 0.15) is 0 Å². The van der Waals surface area contributed by atoms with Gasteiger partial charge in [0.25, 0.3) is 0 Å². The Balaban J connectivity index is 2.32. The van der Waals surface area contributed by atoms with Gasteiger partial charge in [-0.05, 0) is 56.5 Å². The molecule has 25 heavy (non-hydrogen) atoms. The predicted molar refractivity (Wildman–Crippen MR) is 98.9 cm³/mol. The minimum absolute atomic E-state index is 0.205. The van der Waals surface area contributed by atoms with Crippen molar-refractivity contribution in [3.8, 4) is 0 Å². The first-order chi connectivity index (χ1) is 11.4. The molecule has 0 aliphatic heterocycles. The lowest BCUT2D eigenvalue weighted by atomic mass is 10.1. The van der Waals surface area contributed by atoms with Gasteiger partial charge in [-0.3, -0.25) is 0 Å². The molecule has 0 aromatic heterocycles. The lowest BCUT2D eigenvalue weighted by Crippen LogP contribution is -2.28. The molecule has 5 nitrogen and oxygen atoms in total. The van der Waals surface area contributed by atoms with E-state index in [1.807, 2.05) is 19.1 Å². The maximum absolute atomic E-state index is 12.8. The van der Waals surface area contributed by atoms with Gasteiger partial charge >= 0.3 is 0 Å². The van der Waals surface area contributed by atoms with E-state index >= 15 is 0 Å². The Hall–Kier alpha value is -1.70. The van der Waals surface area contributed by atoms with Gasteiger partial charge in [0, 0.05) is 12.3 Å². The summed E-state index contributed by atoms with van der Waals surface area (Å²) in [4.78, 5) is 0.495. The zero-order valence-corrected chi connectivity index (χ0v) is 16.6. The molecule has 0 aliphatic carbocycles. The highest BCUT2D eigenvalue weighted by Gasteiger charge is 2.23. The SMILES string of the molecule is Cc1cc(C)c(S(=O)(=O)NC(C)c2ccc(S(C)(=O)=O)cc2)c(C)c1. The van der Waals surface area contributed by atoms with E-state index in [1.165, 1.54) is 12.1 Å². The average Bonchev–Trinajstić information content (AvgIpc) is 2.44. The summed E-state index contributed by atoms with van der Waals surface area (Å²) in [6, 6.07) is 9.41. The first kappa shape index (κ1) is 19.6. The van der Waals surface area contributed by atoms with Crippen LogP contribution in [0.5, 0.6) is 0 Å². The molecule has 0 radical (unpaired) electrons. The lowest BCUT2D eigenvalue weighted by molar-refractivity contribution is 0.565. The van der Waals surface area contributed by atoms with Crippen LogP contribution in [0.3, 0.4) is 0 Å². The van der Waals surface area contributed by atoms with Gasteiger partial charge in [-0.15, -0.1) is 0 Å². The van der Waals surface area contributed by atoms with Crippen molar-refractivity contribution in [1.29, 1.82) is 0 Å². The van der Waals surface area contributed by atoms with Crippen LogP contribution in [0.15, 0.2) is 46.2 Å². The number of hydrogen-bond donors (Lipinski definition) is 1. The summed E-state index contributed by atoms with van der Waals surface area (Å²) in [5.41, 5.74) is 3.10. The van der Waals surface area contributed by atoms with E-state index in [1.54, 1.807) is 32.9 Å². The van der Waals surface area contributed by atoms with Crippen LogP contribution in [-0.4, -0.2) is 23.1 Å². The van der Waals surface area contributed by atoms with Crippen LogP contribution in [0.25, 0.3) is 0 Å². The van der Waals surface area contributed by atoms with Gasteiger partial charge < -0.3 is 0 Å². The Labute approximate surface area is 150 Å². The molecule has 0 bridgehead atoms. The van der Waals surface area contributed by atoms with Crippen LogP contribution < -0.4 is 4.72 Å². The molecule has 1 N–H and O–H groups in total. The number of benzene rings is 2. The highest BCUT2D eigenvalue weighted by atomic mass is 32.2. The third-order valence-electron chi connectivity index (χ3n) is 4.01. The van der Waals surface area contributed by atoms with Gasteiger partial charge in [0.05, 0.1) is 9.79 Å². The second-order valence-corrected chi connectivity index (χ2v) is 10.1. The second kappa shape index (κ2) is 6.90. The molecule has 7 heteroatoms. The maximum atomic E-state index is 12.8. The third kappa shape index (κ3) is 4.48. The molecule has 0 fully saturated rings. The molecule has 136 valence electrons. The summed E-state index contributed by atoms with van der Waals surface area (Å²) in [6.07, 6.45) is 1.14. The summed E-state index contributed by atoms with van der Waals surface area (Å²) >= 11 is 0. The summed E-state index contributed by atoms with van der Waals surface area (Å²) in [7, 11) is -6.97. The van der Waals surface area contributed by atoms with Crippen molar-refractivity contribution in [3.05, 3.63) is 58.7 Å². The molecule has 2 aromatic carbocycles. The van der Waals surface area contributed by atoms with Gasteiger partial charge in [0.2, 0.25) is 10.0 Å².